The Morgan fingerprint density at radius 2 is 0.643 bits per heavy atom. The summed E-state index contributed by atoms with van der Waals surface area (Å²) in [5, 5.41) is 5.98. The molecule has 4 aliphatic carbocycles. The highest BCUT2D eigenvalue weighted by atomic mass is 16.5. The average molecular weight is 569 g/mol. The van der Waals surface area contributed by atoms with Crippen LogP contribution in [0.1, 0.15) is 126 Å². The van der Waals surface area contributed by atoms with E-state index in [1.807, 2.05) is 0 Å². The Kier molecular flexibility index (Phi) is 8.86. The summed E-state index contributed by atoms with van der Waals surface area (Å²) >= 11 is 0. The van der Waals surface area contributed by atoms with E-state index in [0.29, 0.717) is 48.3 Å². The summed E-state index contributed by atoms with van der Waals surface area (Å²) in [5.41, 5.74) is 15.5. The summed E-state index contributed by atoms with van der Waals surface area (Å²) in [6.45, 7) is 0. The van der Waals surface area contributed by atoms with E-state index in [9.17, 15) is 0 Å². The number of nitrogens with two attached hydrogens (primary N) is 2. The molecule has 0 heterocycles. The molecule has 0 saturated heterocycles. The number of rotatable bonds is 6. The van der Waals surface area contributed by atoms with Crippen molar-refractivity contribution in [1.29, 1.82) is 0 Å². The maximum atomic E-state index is 6.63. The fourth-order valence-corrected chi connectivity index (χ4v) is 9.04. The molecule has 3 aromatic rings. The van der Waals surface area contributed by atoms with E-state index in [0.717, 1.165) is 51.4 Å². The molecule has 4 saturated carbocycles. The van der Waals surface area contributed by atoms with E-state index < -0.39 is 0 Å². The summed E-state index contributed by atoms with van der Waals surface area (Å²) in [6, 6.07) is 19.5. The van der Waals surface area contributed by atoms with Gasteiger partial charge in [-0.15, -0.1) is 0 Å². The Morgan fingerprint density at radius 3 is 0.929 bits per heavy atom. The number of benzene rings is 3. The van der Waals surface area contributed by atoms with Crippen molar-refractivity contribution >= 4 is 21.5 Å². The smallest absolute Gasteiger partial charge is 0.0580 e. The molecule has 3 aromatic carbocycles. The predicted octanol–water partition coefficient (Wildman–Crippen LogP) is 8.62. The third kappa shape index (κ3) is 6.15. The zero-order valence-corrected chi connectivity index (χ0v) is 25.5. The second-order valence-electron chi connectivity index (χ2n) is 14.2. The molecule has 0 bridgehead atoms. The van der Waals surface area contributed by atoms with Gasteiger partial charge in [-0.2, -0.15) is 0 Å². The van der Waals surface area contributed by atoms with Crippen LogP contribution in [0, 0.1) is 0 Å². The molecule has 4 N–H and O–H groups in total. The Morgan fingerprint density at radius 1 is 0.381 bits per heavy atom. The summed E-state index contributed by atoms with van der Waals surface area (Å²) in [4.78, 5) is 0. The van der Waals surface area contributed by atoms with Crippen LogP contribution in [0.5, 0.6) is 0 Å². The zero-order chi connectivity index (χ0) is 28.5. The Bertz CT molecular complexity index is 1160. The van der Waals surface area contributed by atoms with Crippen molar-refractivity contribution in [2.75, 3.05) is 0 Å². The number of hydrogen-bond acceptors (Lipinski definition) is 4. The van der Waals surface area contributed by atoms with Crippen LogP contribution in [-0.4, -0.2) is 36.5 Å². The molecule has 4 fully saturated rings. The van der Waals surface area contributed by atoms with E-state index in [4.69, 9.17) is 20.9 Å². The van der Waals surface area contributed by atoms with Gasteiger partial charge in [0.2, 0.25) is 0 Å². The van der Waals surface area contributed by atoms with Gasteiger partial charge in [-0.05, 0) is 147 Å². The van der Waals surface area contributed by atoms with Crippen LogP contribution in [-0.2, 0) is 9.47 Å². The molecule has 0 aromatic heterocycles. The minimum Gasteiger partial charge on any atom is -0.375 e. The molecule has 0 amide bonds. The van der Waals surface area contributed by atoms with Gasteiger partial charge in [0.15, 0.2) is 0 Å². The van der Waals surface area contributed by atoms with Gasteiger partial charge in [-0.3, -0.25) is 0 Å². The lowest BCUT2D eigenvalue weighted by atomic mass is 9.74. The first-order valence-corrected chi connectivity index (χ1v) is 17.4. The Balaban J connectivity index is 1.10. The quantitative estimate of drug-likeness (QED) is 0.292. The highest BCUT2D eigenvalue weighted by Crippen LogP contribution is 2.47. The average Bonchev–Trinajstić information content (AvgIpc) is 3.03. The lowest BCUT2D eigenvalue weighted by Crippen LogP contribution is -2.33. The second kappa shape index (κ2) is 12.9. The van der Waals surface area contributed by atoms with Crippen molar-refractivity contribution in [3.63, 3.8) is 0 Å². The van der Waals surface area contributed by atoms with Crippen molar-refractivity contribution in [1.82, 2.24) is 0 Å². The van der Waals surface area contributed by atoms with Crippen molar-refractivity contribution in [3.05, 3.63) is 59.7 Å². The number of ether oxygens (including phenoxy) is 2. The summed E-state index contributed by atoms with van der Waals surface area (Å²) < 4.78 is 13.3. The van der Waals surface area contributed by atoms with Crippen LogP contribution in [0.15, 0.2) is 48.5 Å². The second-order valence-corrected chi connectivity index (χ2v) is 14.2. The van der Waals surface area contributed by atoms with Gasteiger partial charge < -0.3 is 20.9 Å². The standard InChI is InChI=1S/C38H52N2O2/c39-27-13-21-31(22-14-27)41-29-17-9-25(10-18-29)37-33-5-1-2-6-34(33)38(36-8-4-3-7-35(36)37)26-11-19-30(20-12-26)42-32-23-15-28(40)16-24-32/h1-8,25-32H,9-24,39-40H2. The first kappa shape index (κ1) is 28.8. The van der Waals surface area contributed by atoms with Gasteiger partial charge in [-0.25, -0.2) is 0 Å². The molecule has 0 radical (unpaired) electrons. The fraction of sp³-hybridized carbons (Fsp3) is 0.632. The van der Waals surface area contributed by atoms with Crippen LogP contribution >= 0.6 is 0 Å². The molecule has 226 valence electrons. The van der Waals surface area contributed by atoms with Crippen molar-refractivity contribution in [2.45, 2.75) is 151 Å². The largest absolute Gasteiger partial charge is 0.375 e. The Hall–Kier alpha value is -1.98. The highest BCUT2D eigenvalue weighted by Gasteiger charge is 2.32. The lowest BCUT2D eigenvalue weighted by molar-refractivity contribution is -0.0490. The van der Waals surface area contributed by atoms with Gasteiger partial charge in [0.1, 0.15) is 0 Å². The fourth-order valence-electron chi connectivity index (χ4n) is 9.04. The van der Waals surface area contributed by atoms with Gasteiger partial charge in [0, 0.05) is 12.1 Å². The predicted molar refractivity (Wildman–Crippen MR) is 174 cm³/mol. The van der Waals surface area contributed by atoms with Gasteiger partial charge in [0.25, 0.3) is 0 Å². The van der Waals surface area contributed by atoms with Crippen LogP contribution in [0.25, 0.3) is 21.5 Å². The maximum Gasteiger partial charge on any atom is 0.0580 e. The minimum absolute atomic E-state index is 0.384. The van der Waals surface area contributed by atoms with Crippen LogP contribution in [0.3, 0.4) is 0 Å². The van der Waals surface area contributed by atoms with Gasteiger partial charge >= 0.3 is 0 Å². The third-order valence-electron chi connectivity index (χ3n) is 11.4. The molecule has 4 aliphatic rings. The van der Waals surface area contributed by atoms with E-state index >= 15 is 0 Å². The van der Waals surface area contributed by atoms with Crippen molar-refractivity contribution < 1.29 is 9.47 Å². The molecule has 0 aliphatic heterocycles. The molecule has 4 nitrogen and oxygen atoms in total. The van der Waals surface area contributed by atoms with E-state index in [1.54, 1.807) is 11.1 Å². The SMILES string of the molecule is NC1CCC(OC2CCC(c3c4ccccc4c(C4CCC(OC5CCC(N)CC5)CC4)c4ccccc34)CC2)CC1. The molecule has 0 atom stereocenters. The van der Waals surface area contributed by atoms with Crippen molar-refractivity contribution in [2.24, 2.45) is 11.5 Å². The molecule has 0 spiro atoms. The maximum absolute atomic E-state index is 6.63. The van der Waals surface area contributed by atoms with Crippen molar-refractivity contribution in [3.8, 4) is 0 Å². The Labute approximate surface area is 252 Å². The first-order chi connectivity index (χ1) is 20.6. The zero-order valence-electron chi connectivity index (χ0n) is 25.5. The minimum atomic E-state index is 0.384. The number of fused-ring (bicyclic) bond motifs is 2. The van der Waals surface area contributed by atoms with Crippen LogP contribution < -0.4 is 11.5 Å². The first-order valence-electron chi connectivity index (χ1n) is 17.4. The molecule has 4 heteroatoms. The van der Waals surface area contributed by atoms with E-state index in [-0.39, 0.29) is 0 Å². The highest BCUT2D eigenvalue weighted by molar-refractivity contribution is 6.06. The monoisotopic (exact) mass is 568 g/mol. The van der Waals surface area contributed by atoms with Crippen LogP contribution in [0.2, 0.25) is 0 Å². The van der Waals surface area contributed by atoms with E-state index in [2.05, 4.69) is 48.5 Å². The summed E-state index contributed by atoms with van der Waals surface area (Å²) in [5.74, 6) is 1.20. The van der Waals surface area contributed by atoms with E-state index in [1.165, 1.54) is 72.9 Å². The van der Waals surface area contributed by atoms with Crippen LogP contribution in [0.4, 0.5) is 0 Å². The number of hydrogen-bond donors (Lipinski definition) is 2. The molecule has 0 unspecified atom stereocenters. The topological polar surface area (TPSA) is 70.5 Å². The molecule has 42 heavy (non-hydrogen) atoms. The normalized spacial score (nSPS) is 34.5. The van der Waals surface area contributed by atoms with Gasteiger partial charge in [0.05, 0.1) is 24.4 Å². The van der Waals surface area contributed by atoms with Gasteiger partial charge in [-0.1, -0.05) is 48.5 Å². The summed E-state index contributed by atoms with van der Waals surface area (Å²) in [6.07, 6.45) is 20.3. The molecule has 7 rings (SSSR count). The lowest BCUT2D eigenvalue weighted by Gasteiger charge is -2.36. The molecular formula is C38H52N2O2. The molecular weight excluding hydrogens is 516 g/mol. The third-order valence-corrected chi connectivity index (χ3v) is 11.4. The summed E-state index contributed by atoms with van der Waals surface area (Å²) in [7, 11) is 0.